The fourth-order valence-corrected chi connectivity index (χ4v) is 1.46. The highest BCUT2D eigenvalue weighted by Gasteiger charge is 2.10. The van der Waals surface area contributed by atoms with E-state index in [1.54, 1.807) is 12.1 Å². The Morgan fingerprint density at radius 1 is 1.48 bits per heavy atom. The summed E-state index contributed by atoms with van der Waals surface area (Å²) in [6, 6.07) is 4.45. The number of benzene rings is 1. The average molecular weight is 315 g/mol. The van der Waals surface area contributed by atoms with Crippen molar-refractivity contribution in [2.75, 3.05) is 13.7 Å². The Hall–Kier alpha value is -2.22. The maximum Gasteiger partial charge on any atom is 0.387 e. The second kappa shape index (κ2) is 8.85. The molecule has 1 rings (SSSR count). The van der Waals surface area contributed by atoms with Crippen molar-refractivity contribution in [1.29, 1.82) is 0 Å². The maximum atomic E-state index is 12.2. The first-order valence-corrected chi connectivity index (χ1v) is 6.28. The van der Waals surface area contributed by atoms with E-state index in [1.807, 2.05) is 0 Å². The molecule has 0 saturated heterocycles. The summed E-state index contributed by atoms with van der Waals surface area (Å²) in [5.41, 5.74) is 3.23. The summed E-state index contributed by atoms with van der Waals surface area (Å²) >= 11 is 4.94. The highest BCUT2D eigenvalue weighted by atomic mass is 32.1. The molecule has 1 aromatic carbocycles. The maximum absolute atomic E-state index is 12.2. The monoisotopic (exact) mass is 315 g/mol. The number of halogens is 2. The molecule has 114 valence electrons. The van der Waals surface area contributed by atoms with Crippen molar-refractivity contribution in [1.82, 2.24) is 10.7 Å². The van der Waals surface area contributed by atoms with E-state index in [9.17, 15) is 8.78 Å². The van der Waals surface area contributed by atoms with E-state index < -0.39 is 6.61 Å². The molecule has 0 unspecified atom stereocenters. The number of alkyl halides is 2. The van der Waals surface area contributed by atoms with E-state index in [0.29, 0.717) is 17.2 Å². The zero-order valence-electron chi connectivity index (χ0n) is 11.3. The molecular weight excluding hydrogens is 300 g/mol. The molecule has 0 aliphatic heterocycles. The third kappa shape index (κ3) is 6.17. The van der Waals surface area contributed by atoms with E-state index in [4.69, 9.17) is 17.0 Å². The van der Waals surface area contributed by atoms with Crippen LogP contribution in [0.1, 0.15) is 5.56 Å². The molecule has 21 heavy (non-hydrogen) atoms. The fourth-order valence-electron chi connectivity index (χ4n) is 1.33. The van der Waals surface area contributed by atoms with Gasteiger partial charge in [-0.15, -0.1) is 6.58 Å². The molecule has 0 amide bonds. The van der Waals surface area contributed by atoms with E-state index in [1.165, 1.54) is 25.5 Å². The Morgan fingerprint density at radius 3 is 2.86 bits per heavy atom. The van der Waals surface area contributed by atoms with E-state index >= 15 is 0 Å². The Labute approximate surface area is 126 Å². The van der Waals surface area contributed by atoms with Crippen LogP contribution in [-0.4, -0.2) is 31.6 Å². The number of hydrazone groups is 1. The number of nitrogens with one attached hydrogen (secondary N) is 2. The number of hydrogen-bond donors (Lipinski definition) is 2. The number of methoxy groups -OCH3 is 1. The van der Waals surface area contributed by atoms with Gasteiger partial charge in [0.1, 0.15) is 0 Å². The van der Waals surface area contributed by atoms with Gasteiger partial charge >= 0.3 is 6.61 Å². The Morgan fingerprint density at radius 2 is 2.24 bits per heavy atom. The molecule has 0 atom stereocenters. The van der Waals surface area contributed by atoms with Crippen LogP contribution in [0.4, 0.5) is 8.78 Å². The minimum absolute atomic E-state index is 0.0409. The van der Waals surface area contributed by atoms with Gasteiger partial charge in [-0.05, 0) is 36.0 Å². The van der Waals surface area contributed by atoms with E-state index in [2.05, 4.69) is 27.2 Å². The highest BCUT2D eigenvalue weighted by molar-refractivity contribution is 7.80. The summed E-state index contributed by atoms with van der Waals surface area (Å²) in [6.45, 7) is 1.15. The fraction of sp³-hybridized carbons (Fsp3) is 0.231. The molecule has 8 heteroatoms. The first-order chi connectivity index (χ1) is 10.1. The first-order valence-electron chi connectivity index (χ1n) is 5.87. The predicted octanol–water partition coefficient (Wildman–Crippen LogP) is 2.28. The lowest BCUT2D eigenvalue weighted by Crippen LogP contribution is -2.31. The quantitative estimate of drug-likeness (QED) is 0.350. The zero-order chi connectivity index (χ0) is 15.7. The number of hydrogen-bond acceptors (Lipinski definition) is 4. The van der Waals surface area contributed by atoms with Crippen molar-refractivity contribution in [3.63, 3.8) is 0 Å². The average Bonchev–Trinajstić information content (AvgIpc) is 2.46. The van der Waals surface area contributed by atoms with Crippen LogP contribution in [0, 0.1) is 0 Å². The van der Waals surface area contributed by atoms with Crippen LogP contribution in [0.5, 0.6) is 11.5 Å². The lowest BCUT2D eigenvalue weighted by molar-refractivity contribution is -0.0512. The molecule has 0 aliphatic carbocycles. The molecule has 0 saturated carbocycles. The van der Waals surface area contributed by atoms with Crippen LogP contribution in [0.2, 0.25) is 0 Å². The van der Waals surface area contributed by atoms with Crippen LogP contribution in [0.25, 0.3) is 0 Å². The molecule has 5 nitrogen and oxygen atoms in total. The first kappa shape index (κ1) is 16.8. The molecule has 2 N–H and O–H groups in total. The minimum atomic E-state index is -2.91. The smallest absolute Gasteiger partial charge is 0.387 e. The number of thiocarbonyl (C=S) groups is 1. The van der Waals surface area contributed by atoms with Gasteiger partial charge in [-0.25, -0.2) is 0 Å². The summed E-state index contributed by atoms with van der Waals surface area (Å²) in [4.78, 5) is 0. The lowest BCUT2D eigenvalue weighted by atomic mass is 10.2. The third-order valence-corrected chi connectivity index (χ3v) is 2.43. The molecule has 0 fully saturated rings. The number of nitrogens with zero attached hydrogens (tertiary/aromatic N) is 1. The van der Waals surface area contributed by atoms with Crippen LogP contribution < -0.4 is 20.2 Å². The standard InChI is InChI=1S/C13H15F2N3O2S/c1-3-6-16-13(21)18-17-8-9-4-5-10(20-12(14)15)11(7-9)19-2/h3-5,7-8,12H,1,6H2,2H3,(H2,16,18,21)/b17-8-. The molecule has 1 aromatic rings. The van der Waals surface area contributed by atoms with Gasteiger partial charge in [0.15, 0.2) is 16.6 Å². The summed E-state index contributed by atoms with van der Waals surface area (Å²) in [5, 5.41) is 7.08. The van der Waals surface area contributed by atoms with Crippen LogP contribution in [-0.2, 0) is 0 Å². The Bertz CT molecular complexity index is 524. The van der Waals surface area contributed by atoms with Crippen LogP contribution in [0.15, 0.2) is 36.0 Å². The summed E-state index contributed by atoms with van der Waals surface area (Å²) in [5.74, 6) is 0.146. The number of rotatable bonds is 7. The van der Waals surface area contributed by atoms with Crippen molar-refractivity contribution in [2.24, 2.45) is 5.10 Å². The Kier molecular flexibility index (Phi) is 7.10. The molecule has 0 aliphatic rings. The molecular formula is C13H15F2N3O2S. The van der Waals surface area contributed by atoms with Crippen molar-refractivity contribution in [3.05, 3.63) is 36.4 Å². The Balaban J connectivity index is 2.67. The predicted molar refractivity (Wildman–Crippen MR) is 81.2 cm³/mol. The van der Waals surface area contributed by atoms with Crippen LogP contribution >= 0.6 is 12.2 Å². The molecule has 0 aromatic heterocycles. The number of ether oxygens (including phenoxy) is 2. The van der Waals surface area contributed by atoms with Crippen molar-refractivity contribution in [3.8, 4) is 11.5 Å². The third-order valence-electron chi connectivity index (χ3n) is 2.19. The summed E-state index contributed by atoms with van der Waals surface area (Å²) in [7, 11) is 1.36. The van der Waals surface area contributed by atoms with Crippen LogP contribution in [0.3, 0.4) is 0 Å². The van der Waals surface area contributed by atoms with Crippen molar-refractivity contribution < 1.29 is 18.3 Å². The van der Waals surface area contributed by atoms with Gasteiger partial charge in [0.2, 0.25) is 0 Å². The molecule has 0 bridgehead atoms. The SMILES string of the molecule is C=CCNC(=S)N/N=C\c1ccc(OC(F)F)c(OC)c1. The largest absolute Gasteiger partial charge is 0.493 e. The van der Waals surface area contributed by atoms with Gasteiger partial charge < -0.3 is 14.8 Å². The van der Waals surface area contributed by atoms with Gasteiger partial charge in [-0.1, -0.05) is 6.08 Å². The van der Waals surface area contributed by atoms with Gasteiger partial charge in [-0.3, -0.25) is 5.43 Å². The van der Waals surface area contributed by atoms with E-state index in [0.717, 1.165) is 0 Å². The van der Waals surface area contributed by atoms with E-state index in [-0.39, 0.29) is 11.5 Å². The summed E-state index contributed by atoms with van der Waals surface area (Å²) in [6.07, 6.45) is 3.13. The topological polar surface area (TPSA) is 54.9 Å². The van der Waals surface area contributed by atoms with Crippen molar-refractivity contribution in [2.45, 2.75) is 6.61 Å². The normalized spacial score (nSPS) is 10.5. The summed E-state index contributed by atoms with van der Waals surface area (Å²) < 4.78 is 33.7. The second-order valence-corrected chi connectivity index (χ2v) is 4.07. The second-order valence-electron chi connectivity index (χ2n) is 3.66. The van der Waals surface area contributed by atoms with Gasteiger partial charge in [0.25, 0.3) is 0 Å². The van der Waals surface area contributed by atoms with Gasteiger partial charge in [0.05, 0.1) is 13.3 Å². The van der Waals surface area contributed by atoms with Crippen molar-refractivity contribution >= 4 is 23.5 Å². The molecule has 0 spiro atoms. The van der Waals surface area contributed by atoms with Gasteiger partial charge in [0, 0.05) is 6.54 Å². The molecule has 0 heterocycles. The lowest BCUT2D eigenvalue weighted by Gasteiger charge is -2.10. The zero-order valence-corrected chi connectivity index (χ0v) is 12.1. The van der Waals surface area contributed by atoms with Gasteiger partial charge in [-0.2, -0.15) is 13.9 Å². The highest BCUT2D eigenvalue weighted by Crippen LogP contribution is 2.28. The minimum Gasteiger partial charge on any atom is -0.493 e. The molecule has 0 radical (unpaired) electrons.